The van der Waals surface area contributed by atoms with Gasteiger partial charge in [-0.1, -0.05) is 18.9 Å². The molecule has 1 saturated heterocycles. The predicted octanol–water partition coefficient (Wildman–Crippen LogP) is 2.25. The molecule has 1 amide bonds. The van der Waals surface area contributed by atoms with Crippen molar-refractivity contribution in [2.45, 2.75) is 38.1 Å². The third kappa shape index (κ3) is 4.38. The summed E-state index contributed by atoms with van der Waals surface area (Å²) in [4.78, 5) is 16.8. The van der Waals surface area contributed by atoms with E-state index in [9.17, 15) is 9.90 Å². The molecule has 0 radical (unpaired) electrons. The van der Waals surface area contributed by atoms with Crippen molar-refractivity contribution in [3.8, 4) is 11.5 Å². The SMILES string of the molecule is O=C(CCOc1cccc(O)c1)N1CCN(C2CCCC2)CC1. The van der Waals surface area contributed by atoms with Crippen LogP contribution in [0.3, 0.4) is 0 Å². The molecule has 3 rings (SSSR count). The number of hydrogen-bond acceptors (Lipinski definition) is 4. The van der Waals surface area contributed by atoms with Gasteiger partial charge in [0.25, 0.3) is 0 Å². The van der Waals surface area contributed by atoms with Crippen LogP contribution in [0.2, 0.25) is 0 Å². The lowest BCUT2D eigenvalue weighted by atomic mass is 10.2. The highest BCUT2D eigenvalue weighted by Crippen LogP contribution is 2.24. The van der Waals surface area contributed by atoms with Gasteiger partial charge in [-0.2, -0.15) is 0 Å². The quantitative estimate of drug-likeness (QED) is 0.905. The standard InChI is InChI=1S/C18H26N2O3/c21-16-6-3-7-17(14-16)23-13-8-18(22)20-11-9-19(10-12-20)15-4-1-2-5-15/h3,6-7,14-15,21H,1-2,4-5,8-13H2. The highest BCUT2D eigenvalue weighted by Gasteiger charge is 2.27. The topological polar surface area (TPSA) is 53.0 Å². The van der Waals surface area contributed by atoms with Gasteiger partial charge in [-0.05, 0) is 25.0 Å². The summed E-state index contributed by atoms with van der Waals surface area (Å²) in [5, 5.41) is 9.38. The molecule has 5 heteroatoms. The number of amides is 1. The average molecular weight is 318 g/mol. The molecule has 5 nitrogen and oxygen atoms in total. The molecule has 1 N–H and O–H groups in total. The summed E-state index contributed by atoms with van der Waals surface area (Å²) in [6, 6.07) is 7.42. The number of nitrogens with zero attached hydrogens (tertiary/aromatic N) is 2. The minimum Gasteiger partial charge on any atom is -0.508 e. The van der Waals surface area contributed by atoms with Gasteiger partial charge in [0.2, 0.25) is 5.91 Å². The van der Waals surface area contributed by atoms with E-state index in [4.69, 9.17) is 4.74 Å². The Labute approximate surface area is 137 Å². The van der Waals surface area contributed by atoms with Gasteiger partial charge in [0, 0.05) is 38.3 Å². The van der Waals surface area contributed by atoms with Gasteiger partial charge in [0.05, 0.1) is 13.0 Å². The van der Waals surface area contributed by atoms with Crippen molar-refractivity contribution in [3.63, 3.8) is 0 Å². The van der Waals surface area contributed by atoms with Crippen molar-refractivity contribution in [2.75, 3.05) is 32.8 Å². The van der Waals surface area contributed by atoms with Crippen LogP contribution in [0.4, 0.5) is 0 Å². The summed E-state index contributed by atoms with van der Waals surface area (Å²) in [5.41, 5.74) is 0. The second-order valence-electron chi connectivity index (χ2n) is 6.45. The molecule has 2 fully saturated rings. The molecule has 1 aliphatic carbocycles. The minimum atomic E-state index is 0.163. The highest BCUT2D eigenvalue weighted by molar-refractivity contribution is 5.76. The predicted molar refractivity (Wildman–Crippen MR) is 88.6 cm³/mol. The molecule has 0 aromatic heterocycles. The fourth-order valence-electron chi connectivity index (χ4n) is 3.59. The number of piperazine rings is 1. The summed E-state index contributed by atoms with van der Waals surface area (Å²) in [6.07, 6.45) is 5.75. The van der Waals surface area contributed by atoms with Crippen molar-refractivity contribution in [3.05, 3.63) is 24.3 Å². The second-order valence-corrected chi connectivity index (χ2v) is 6.45. The van der Waals surface area contributed by atoms with Crippen molar-refractivity contribution < 1.29 is 14.6 Å². The summed E-state index contributed by atoms with van der Waals surface area (Å²) in [5.74, 6) is 0.942. The zero-order chi connectivity index (χ0) is 16.1. The summed E-state index contributed by atoms with van der Waals surface area (Å²) < 4.78 is 5.53. The Morgan fingerprint density at radius 3 is 2.61 bits per heavy atom. The van der Waals surface area contributed by atoms with E-state index in [1.807, 2.05) is 4.90 Å². The maximum absolute atomic E-state index is 12.3. The summed E-state index contributed by atoms with van der Waals surface area (Å²) in [7, 11) is 0. The number of rotatable bonds is 5. The molecular formula is C18H26N2O3. The Morgan fingerprint density at radius 2 is 1.91 bits per heavy atom. The van der Waals surface area contributed by atoms with Crippen LogP contribution in [0.15, 0.2) is 24.3 Å². The minimum absolute atomic E-state index is 0.163. The molecular weight excluding hydrogens is 292 g/mol. The maximum atomic E-state index is 12.3. The van der Waals surface area contributed by atoms with Gasteiger partial charge in [0.15, 0.2) is 0 Å². The third-order valence-corrected chi connectivity index (χ3v) is 4.91. The molecule has 2 aliphatic rings. The van der Waals surface area contributed by atoms with Gasteiger partial charge in [0.1, 0.15) is 11.5 Å². The first-order valence-corrected chi connectivity index (χ1v) is 8.66. The van der Waals surface area contributed by atoms with Gasteiger partial charge < -0.3 is 14.7 Å². The van der Waals surface area contributed by atoms with Gasteiger partial charge in [-0.15, -0.1) is 0 Å². The highest BCUT2D eigenvalue weighted by atomic mass is 16.5. The zero-order valence-electron chi connectivity index (χ0n) is 13.6. The molecule has 0 unspecified atom stereocenters. The fourth-order valence-corrected chi connectivity index (χ4v) is 3.59. The van der Waals surface area contributed by atoms with E-state index in [2.05, 4.69) is 4.90 Å². The first-order chi connectivity index (χ1) is 11.2. The van der Waals surface area contributed by atoms with Gasteiger partial charge in [-0.3, -0.25) is 9.69 Å². The molecule has 1 saturated carbocycles. The molecule has 1 heterocycles. The number of carbonyl (C=O) groups is 1. The van der Waals surface area contributed by atoms with Crippen LogP contribution in [0, 0.1) is 0 Å². The Bertz CT molecular complexity index is 521. The Kier molecular flexibility index (Phi) is 5.39. The van der Waals surface area contributed by atoms with Crippen molar-refractivity contribution >= 4 is 5.91 Å². The number of phenols is 1. The largest absolute Gasteiger partial charge is 0.508 e. The van der Waals surface area contributed by atoms with E-state index < -0.39 is 0 Å². The lowest BCUT2D eigenvalue weighted by Crippen LogP contribution is -2.51. The zero-order valence-corrected chi connectivity index (χ0v) is 13.6. The summed E-state index contributed by atoms with van der Waals surface area (Å²) >= 11 is 0. The number of ether oxygens (including phenoxy) is 1. The van der Waals surface area contributed by atoms with Crippen molar-refractivity contribution in [1.82, 2.24) is 9.80 Å². The van der Waals surface area contributed by atoms with Crippen LogP contribution in [-0.2, 0) is 4.79 Å². The third-order valence-electron chi connectivity index (χ3n) is 4.91. The Hall–Kier alpha value is -1.75. The molecule has 0 spiro atoms. The molecule has 23 heavy (non-hydrogen) atoms. The smallest absolute Gasteiger partial charge is 0.226 e. The van der Waals surface area contributed by atoms with E-state index in [1.54, 1.807) is 24.3 Å². The molecule has 126 valence electrons. The number of aromatic hydroxyl groups is 1. The second kappa shape index (κ2) is 7.68. The Morgan fingerprint density at radius 1 is 1.17 bits per heavy atom. The number of phenolic OH excluding ortho intramolecular Hbond substituents is 1. The first-order valence-electron chi connectivity index (χ1n) is 8.66. The van der Waals surface area contributed by atoms with Crippen LogP contribution < -0.4 is 4.74 Å². The van der Waals surface area contributed by atoms with Crippen molar-refractivity contribution in [2.24, 2.45) is 0 Å². The molecule has 0 bridgehead atoms. The van der Waals surface area contributed by atoms with E-state index in [0.29, 0.717) is 18.8 Å². The van der Waals surface area contributed by atoms with Gasteiger partial charge in [-0.25, -0.2) is 0 Å². The number of hydrogen-bond donors (Lipinski definition) is 1. The van der Waals surface area contributed by atoms with Gasteiger partial charge >= 0.3 is 0 Å². The molecule has 1 aromatic rings. The van der Waals surface area contributed by atoms with E-state index in [1.165, 1.54) is 25.7 Å². The van der Waals surface area contributed by atoms with E-state index >= 15 is 0 Å². The monoisotopic (exact) mass is 318 g/mol. The van der Waals surface area contributed by atoms with Crippen LogP contribution in [-0.4, -0.2) is 59.6 Å². The Balaban J connectivity index is 1.37. The normalized spacial score (nSPS) is 19.9. The lowest BCUT2D eigenvalue weighted by molar-refractivity contribution is -0.133. The molecule has 1 aliphatic heterocycles. The first kappa shape index (κ1) is 16.1. The van der Waals surface area contributed by atoms with E-state index in [-0.39, 0.29) is 11.7 Å². The summed E-state index contributed by atoms with van der Waals surface area (Å²) in [6.45, 7) is 4.03. The fraction of sp³-hybridized carbons (Fsp3) is 0.611. The molecule has 0 atom stereocenters. The lowest BCUT2D eigenvalue weighted by Gasteiger charge is -2.38. The van der Waals surface area contributed by atoms with Crippen LogP contribution in [0.1, 0.15) is 32.1 Å². The average Bonchev–Trinajstić information content (AvgIpc) is 3.09. The van der Waals surface area contributed by atoms with E-state index in [0.717, 1.165) is 32.2 Å². The number of carbonyl (C=O) groups excluding carboxylic acids is 1. The van der Waals surface area contributed by atoms with Crippen LogP contribution in [0.25, 0.3) is 0 Å². The number of benzene rings is 1. The molecule has 1 aromatic carbocycles. The van der Waals surface area contributed by atoms with Crippen molar-refractivity contribution in [1.29, 1.82) is 0 Å². The van der Waals surface area contributed by atoms with Crippen LogP contribution in [0.5, 0.6) is 11.5 Å². The van der Waals surface area contributed by atoms with Crippen LogP contribution >= 0.6 is 0 Å². The maximum Gasteiger partial charge on any atom is 0.226 e.